The number of hydrogen-bond acceptors (Lipinski definition) is 2. The van der Waals surface area contributed by atoms with Gasteiger partial charge in [-0.2, -0.15) is 0 Å². The predicted octanol–water partition coefficient (Wildman–Crippen LogP) is 2.19. The summed E-state index contributed by atoms with van der Waals surface area (Å²) in [5.74, 6) is 0. The van der Waals surface area contributed by atoms with Gasteiger partial charge in [-0.25, -0.2) is 13.6 Å². The molecule has 0 bridgehead atoms. The van der Waals surface area contributed by atoms with Gasteiger partial charge in [-0.3, -0.25) is 0 Å². The van der Waals surface area contributed by atoms with Crippen molar-refractivity contribution >= 4 is 27.7 Å². The molecule has 3 nitrogen and oxygen atoms in total. The Labute approximate surface area is 94.6 Å². The minimum absolute atomic E-state index is 0.0431. The molecule has 1 rings (SSSR count). The number of halogens is 1. The first kappa shape index (κ1) is 12.2. The summed E-state index contributed by atoms with van der Waals surface area (Å²) in [5.41, 5.74) is 1.44. The van der Waals surface area contributed by atoms with E-state index < -0.39 is 10.0 Å². The molecule has 0 radical (unpaired) electrons. The van der Waals surface area contributed by atoms with Gasteiger partial charge in [0.25, 0.3) is 0 Å². The minimum atomic E-state index is -3.78. The minimum Gasteiger partial charge on any atom is -0.225 e. The Morgan fingerprint density at radius 1 is 1.53 bits per heavy atom. The number of sulfonamides is 1. The zero-order valence-corrected chi connectivity index (χ0v) is 9.90. The van der Waals surface area contributed by atoms with Gasteiger partial charge in [0.15, 0.2) is 0 Å². The Hall–Kier alpha value is -0.840. The zero-order chi connectivity index (χ0) is 11.6. The highest BCUT2D eigenvalue weighted by Gasteiger charge is 2.16. The highest BCUT2D eigenvalue weighted by molar-refractivity contribution is 7.89. The molecular formula is C10H12ClNO2S. The summed E-state index contributed by atoms with van der Waals surface area (Å²) in [6, 6.07) is 3.22. The maximum atomic E-state index is 11.2. The molecule has 82 valence electrons. The maximum Gasteiger partial charge on any atom is 0.239 e. The van der Waals surface area contributed by atoms with E-state index in [1.807, 2.05) is 6.92 Å². The lowest BCUT2D eigenvalue weighted by Crippen LogP contribution is -2.13. The molecular weight excluding hydrogens is 234 g/mol. The lowest BCUT2D eigenvalue weighted by molar-refractivity contribution is 0.597. The molecule has 0 spiro atoms. The van der Waals surface area contributed by atoms with Crippen molar-refractivity contribution in [3.05, 3.63) is 34.9 Å². The largest absolute Gasteiger partial charge is 0.239 e. The molecule has 0 atom stereocenters. The van der Waals surface area contributed by atoms with Crippen LogP contribution in [0.15, 0.2) is 23.6 Å². The average molecular weight is 246 g/mol. The van der Waals surface area contributed by atoms with Gasteiger partial charge in [0.05, 0.1) is 5.02 Å². The lowest BCUT2D eigenvalue weighted by atomic mass is 10.1. The highest BCUT2D eigenvalue weighted by Crippen LogP contribution is 2.27. The first-order valence-electron chi connectivity index (χ1n) is 4.37. The Morgan fingerprint density at radius 2 is 2.13 bits per heavy atom. The van der Waals surface area contributed by atoms with Crippen LogP contribution in [-0.2, 0) is 16.4 Å². The highest BCUT2D eigenvalue weighted by atomic mass is 35.5. The average Bonchev–Trinajstić information content (AvgIpc) is 2.16. The fourth-order valence-corrected chi connectivity index (χ4v) is 2.51. The zero-order valence-electron chi connectivity index (χ0n) is 8.33. The van der Waals surface area contributed by atoms with Crippen molar-refractivity contribution in [3.8, 4) is 0 Å². The van der Waals surface area contributed by atoms with Crippen LogP contribution in [0.1, 0.15) is 18.1 Å². The van der Waals surface area contributed by atoms with Crippen LogP contribution in [0.3, 0.4) is 0 Å². The monoisotopic (exact) mass is 245 g/mol. The van der Waals surface area contributed by atoms with Gasteiger partial charge in [-0.05, 0) is 23.6 Å². The van der Waals surface area contributed by atoms with Crippen LogP contribution in [0.4, 0.5) is 0 Å². The lowest BCUT2D eigenvalue weighted by Gasteiger charge is -2.08. The van der Waals surface area contributed by atoms with Crippen LogP contribution in [0.25, 0.3) is 6.08 Å². The SMILES string of the molecule is C=Cc1cc(CC)c(Cl)c(S(N)(=O)=O)c1. The van der Waals surface area contributed by atoms with E-state index in [1.54, 1.807) is 12.1 Å². The van der Waals surface area contributed by atoms with Gasteiger partial charge >= 0.3 is 0 Å². The van der Waals surface area contributed by atoms with E-state index in [4.69, 9.17) is 16.7 Å². The normalized spacial score (nSPS) is 11.4. The van der Waals surface area contributed by atoms with E-state index >= 15 is 0 Å². The van der Waals surface area contributed by atoms with Gasteiger partial charge in [0, 0.05) is 0 Å². The molecule has 0 aromatic heterocycles. The quantitative estimate of drug-likeness (QED) is 0.888. The van der Waals surface area contributed by atoms with E-state index in [-0.39, 0.29) is 9.92 Å². The third-order valence-electron chi connectivity index (χ3n) is 2.06. The number of hydrogen-bond donors (Lipinski definition) is 1. The molecule has 1 aromatic carbocycles. The number of primary sulfonamides is 1. The van der Waals surface area contributed by atoms with Crippen LogP contribution in [0.2, 0.25) is 5.02 Å². The van der Waals surface area contributed by atoms with Crippen molar-refractivity contribution in [1.82, 2.24) is 0 Å². The van der Waals surface area contributed by atoms with Crippen molar-refractivity contribution in [2.45, 2.75) is 18.2 Å². The van der Waals surface area contributed by atoms with Crippen LogP contribution in [0.5, 0.6) is 0 Å². The third kappa shape index (κ3) is 2.59. The van der Waals surface area contributed by atoms with Crippen LogP contribution >= 0.6 is 11.6 Å². The maximum absolute atomic E-state index is 11.2. The Bertz CT molecular complexity index is 494. The summed E-state index contributed by atoms with van der Waals surface area (Å²) in [7, 11) is -3.78. The molecule has 0 saturated heterocycles. The topological polar surface area (TPSA) is 60.2 Å². The van der Waals surface area contributed by atoms with E-state index in [2.05, 4.69) is 6.58 Å². The van der Waals surface area contributed by atoms with Gasteiger partial charge in [0.1, 0.15) is 4.90 Å². The molecule has 0 aliphatic heterocycles. The van der Waals surface area contributed by atoms with Gasteiger partial charge in [-0.1, -0.05) is 37.2 Å². The van der Waals surface area contributed by atoms with E-state index in [1.165, 1.54) is 6.07 Å². The summed E-state index contributed by atoms with van der Waals surface area (Å²) in [5, 5.41) is 5.26. The molecule has 0 aliphatic carbocycles. The molecule has 0 unspecified atom stereocenters. The van der Waals surface area contributed by atoms with E-state index in [0.717, 1.165) is 5.56 Å². The molecule has 0 saturated carbocycles. The Morgan fingerprint density at radius 3 is 2.53 bits per heavy atom. The second kappa shape index (κ2) is 4.35. The summed E-state index contributed by atoms with van der Waals surface area (Å²) >= 11 is 5.93. The molecule has 0 amide bonds. The number of aryl methyl sites for hydroxylation is 1. The predicted molar refractivity (Wildman–Crippen MR) is 62.3 cm³/mol. The van der Waals surface area contributed by atoms with Crippen molar-refractivity contribution in [2.75, 3.05) is 0 Å². The summed E-state index contributed by atoms with van der Waals surface area (Å²) < 4.78 is 22.5. The Kier molecular flexibility index (Phi) is 3.54. The third-order valence-corrected chi connectivity index (χ3v) is 3.55. The van der Waals surface area contributed by atoms with E-state index in [9.17, 15) is 8.42 Å². The van der Waals surface area contributed by atoms with Gasteiger partial charge in [0.2, 0.25) is 10.0 Å². The summed E-state index contributed by atoms with van der Waals surface area (Å²) in [6.45, 7) is 5.47. The van der Waals surface area contributed by atoms with Crippen LogP contribution in [-0.4, -0.2) is 8.42 Å². The molecule has 0 aliphatic rings. The fraction of sp³-hybridized carbons (Fsp3) is 0.200. The molecule has 1 aromatic rings. The number of benzene rings is 1. The van der Waals surface area contributed by atoms with Crippen molar-refractivity contribution in [1.29, 1.82) is 0 Å². The molecule has 2 N–H and O–H groups in total. The summed E-state index contributed by atoms with van der Waals surface area (Å²) in [4.78, 5) is -0.0431. The first-order valence-corrected chi connectivity index (χ1v) is 6.30. The number of nitrogens with two attached hydrogens (primary N) is 1. The van der Waals surface area contributed by atoms with Gasteiger partial charge in [-0.15, -0.1) is 0 Å². The van der Waals surface area contributed by atoms with Gasteiger partial charge < -0.3 is 0 Å². The second-order valence-electron chi connectivity index (χ2n) is 3.09. The fourth-order valence-electron chi connectivity index (χ4n) is 1.26. The molecule has 5 heteroatoms. The summed E-state index contributed by atoms with van der Waals surface area (Å²) in [6.07, 6.45) is 2.20. The van der Waals surface area contributed by atoms with E-state index in [0.29, 0.717) is 12.0 Å². The smallest absolute Gasteiger partial charge is 0.225 e. The standard InChI is InChI=1S/C10H12ClNO2S/c1-3-7-5-8(4-2)10(11)9(6-7)15(12,13)14/h3,5-6H,1,4H2,2H3,(H2,12,13,14). The molecule has 0 heterocycles. The second-order valence-corrected chi connectivity index (χ2v) is 5.00. The van der Waals surface area contributed by atoms with Crippen molar-refractivity contribution < 1.29 is 8.42 Å². The van der Waals surface area contributed by atoms with Crippen molar-refractivity contribution in [2.24, 2.45) is 5.14 Å². The van der Waals surface area contributed by atoms with Crippen LogP contribution < -0.4 is 5.14 Å². The van der Waals surface area contributed by atoms with Crippen molar-refractivity contribution in [3.63, 3.8) is 0 Å². The van der Waals surface area contributed by atoms with Crippen LogP contribution in [0, 0.1) is 0 Å². The molecule has 0 fully saturated rings. The number of rotatable bonds is 3. The molecule has 15 heavy (non-hydrogen) atoms. The first-order chi connectivity index (χ1) is 6.90. The Balaban J connectivity index is 3.58.